The first-order valence-electron chi connectivity index (χ1n) is 5.28. The predicted molar refractivity (Wildman–Crippen MR) is 76.9 cm³/mol. The molecule has 17 heavy (non-hydrogen) atoms. The van der Waals surface area contributed by atoms with Crippen LogP contribution >= 0.6 is 38.6 Å². The van der Waals surface area contributed by atoms with E-state index in [4.69, 9.17) is 0 Å². The van der Waals surface area contributed by atoms with Gasteiger partial charge >= 0.3 is 0 Å². The molecule has 0 atom stereocenters. The van der Waals surface area contributed by atoms with E-state index in [1.807, 2.05) is 11.4 Å². The van der Waals surface area contributed by atoms with Crippen molar-refractivity contribution in [2.45, 2.75) is 19.9 Å². The van der Waals surface area contributed by atoms with Crippen molar-refractivity contribution in [1.29, 1.82) is 0 Å². The molecule has 0 bridgehead atoms. The Balaban J connectivity index is 1.97. The molecule has 0 unspecified atom stereocenters. The summed E-state index contributed by atoms with van der Waals surface area (Å²) >= 11 is 6.57. The Bertz CT molecular complexity index is 518. The van der Waals surface area contributed by atoms with Gasteiger partial charge in [0.15, 0.2) is 0 Å². The summed E-state index contributed by atoms with van der Waals surface area (Å²) in [6, 6.07) is 3.96. The van der Waals surface area contributed by atoms with Gasteiger partial charge in [0.1, 0.15) is 0 Å². The van der Waals surface area contributed by atoms with E-state index in [-0.39, 0.29) is 5.91 Å². The van der Waals surface area contributed by atoms with Crippen LogP contribution < -0.4 is 5.32 Å². The number of nitrogens with one attached hydrogen (secondary N) is 1. The number of halogens is 1. The molecule has 0 aliphatic carbocycles. The number of hydrogen-bond acceptors (Lipinski definition) is 3. The Hall–Kier alpha value is -0.650. The Morgan fingerprint density at radius 3 is 2.94 bits per heavy atom. The number of carbonyl (C=O) groups excluding carboxylic acids is 1. The summed E-state index contributed by atoms with van der Waals surface area (Å²) in [6.07, 6.45) is 1.01. The molecule has 2 aromatic rings. The van der Waals surface area contributed by atoms with Crippen molar-refractivity contribution >= 4 is 44.5 Å². The van der Waals surface area contributed by atoms with E-state index in [1.54, 1.807) is 11.3 Å². The van der Waals surface area contributed by atoms with Crippen LogP contribution in [0, 0.1) is 0 Å². The lowest BCUT2D eigenvalue weighted by Crippen LogP contribution is -2.22. The molecular formula is C12H12BrNOS2. The quantitative estimate of drug-likeness (QED) is 0.900. The molecule has 2 aromatic heterocycles. The zero-order valence-electron chi connectivity index (χ0n) is 9.33. The average Bonchev–Trinajstić information content (AvgIpc) is 2.94. The summed E-state index contributed by atoms with van der Waals surface area (Å²) in [5.41, 5.74) is 2.04. The molecule has 0 radical (unpaired) electrons. The van der Waals surface area contributed by atoms with E-state index in [0.717, 1.165) is 15.8 Å². The summed E-state index contributed by atoms with van der Waals surface area (Å²) in [4.78, 5) is 13.1. The van der Waals surface area contributed by atoms with Gasteiger partial charge in [0, 0.05) is 10.3 Å². The smallest absolute Gasteiger partial charge is 0.252 e. The van der Waals surface area contributed by atoms with E-state index in [1.165, 1.54) is 21.8 Å². The van der Waals surface area contributed by atoms with Gasteiger partial charge in [-0.3, -0.25) is 4.79 Å². The molecule has 5 heteroatoms. The highest BCUT2D eigenvalue weighted by Gasteiger charge is 2.09. The van der Waals surface area contributed by atoms with Crippen LogP contribution in [0.4, 0.5) is 0 Å². The lowest BCUT2D eigenvalue weighted by atomic mass is 10.2. The largest absolute Gasteiger partial charge is 0.347 e. The lowest BCUT2D eigenvalue weighted by molar-refractivity contribution is 0.0951. The second-order valence-electron chi connectivity index (χ2n) is 3.54. The Kier molecular flexibility index (Phi) is 4.36. The van der Waals surface area contributed by atoms with Gasteiger partial charge in [-0.25, -0.2) is 0 Å². The fourth-order valence-electron chi connectivity index (χ4n) is 1.53. The maximum atomic E-state index is 11.8. The maximum Gasteiger partial charge on any atom is 0.252 e. The third-order valence-corrected chi connectivity index (χ3v) is 4.93. The first-order valence-corrected chi connectivity index (χ1v) is 7.83. The van der Waals surface area contributed by atoms with Gasteiger partial charge in [0.05, 0.1) is 15.9 Å². The summed E-state index contributed by atoms with van der Waals surface area (Å²) < 4.78 is 0.980. The van der Waals surface area contributed by atoms with Crippen LogP contribution in [-0.2, 0) is 13.0 Å². The van der Waals surface area contributed by atoms with Crippen molar-refractivity contribution in [2.75, 3.05) is 0 Å². The minimum Gasteiger partial charge on any atom is -0.347 e. The molecule has 0 aliphatic rings. The van der Waals surface area contributed by atoms with E-state index in [2.05, 4.69) is 39.6 Å². The number of rotatable bonds is 4. The summed E-state index contributed by atoms with van der Waals surface area (Å²) in [7, 11) is 0. The molecule has 90 valence electrons. The van der Waals surface area contributed by atoms with Crippen molar-refractivity contribution < 1.29 is 4.79 Å². The van der Waals surface area contributed by atoms with Crippen LogP contribution in [0.2, 0.25) is 0 Å². The molecule has 0 fully saturated rings. The minimum absolute atomic E-state index is 0.0117. The SMILES string of the molecule is CCc1ccsc1CNC(=O)c1csc(Br)c1. The highest BCUT2D eigenvalue weighted by atomic mass is 79.9. The van der Waals surface area contributed by atoms with Gasteiger partial charge in [0.2, 0.25) is 0 Å². The fraction of sp³-hybridized carbons (Fsp3) is 0.250. The number of hydrogen-bond donors (Lipinski definition) is 1. The number of amides is 1. The van der Waals surface area contributed by atoms with Crippen LogP contribution in [0.5, 0.6) is 0 Å². The topological polar surface area (TPSA) is 29.1 Å². The third kappa shape index (κ3) is 3.18. The number of aryl methyl sites for hydroxylation is 1. The molecule has 0 saturated heterocycles. The van der Waals surface area contributed by atoms with Crippen LogP contribution in [0.1, 0.15) is 27.7 Å². The molecule has 0 saturated carbocycles. The summed E-state index contributed by atoms with van der Waals surface area (Å²) in [6.45, 7) is 2.75. The molecule has 2 heterocycles. The van der Waals surface area contributed by atoms with Gasteiger partial charge in [-0.1, -0.05) is 6.92 Å². The van der Waals surface area contributed by atoms with E-state index in [0.29, 0.717) is 6.54 Å². The monoisotopic (exact) mass is 329 g/mol. The molecule has 1 N–H and O–H groups in total. The maximum absolute atomic E-state index is 11.8. The Morgan fingerprint density at radius 1 is 1.47 bits per heavy atom. The van der Waals surface area contributed by atoms with Crippen molar-refractivity contribution in [3.8, 4) is 0 Å². The van der Waals surface area contributed by atoms with E-state index in [9.17, 15) is 4.79 Å². The molecule has 2 nitrogen and oxygen atoms in total. The molecule has 1 amide bonds. The first-order chi connectivity index (χ1) is 8.20. The molecule has 0 spiro atoms. The number of thiophene rings is 2. The minimum atomic E-state index is -0.0117. The zero-order valence-corrected chi connectivity index (χ0v) is 12.5. The van der Waals surface area contributed by atoms with Gasteiger partial charge in [-0.2, -0.15) is 0 Å². The summed E-state index contributed by atoms with van der Waals surface area (Å²) in [5.74, 6) is -0.0117. The molecule has 2 rings (SSSR count). The zero-order chi connectivity index (χ0) is 12.3. The highest BCUT2D eigenvalue weighted by molar-refractivity contribution is 9.11. The second-order valence-corrected chi connectivity index (χ2v) is 6.84. The van der Waals surface area contributed by atoms with Crippen molar-refractivity contribution in [3.05, 3.63) is 42.7 Å². The third-order valence-electron chi connectivity index (χ3n) is 2.46. The lowest BCUT2D eigenvalue weighted by Gasteiger charge is -2.03. The van der Waals surface area contributed by atoms with Crippen molar-refractivity contribution in [1.82, 2.24) is 5.32 Å². The molecular weight excluding hydrogens is 318 g/mol. The highest BCUT2D eigenvalue weighted by Crippen LogP contribution is 2.21. The fourth-order valence-corrected chi connectivity index (χ4v) is 3.58. The van der Waals surface area contributed by atoms with Crippen molar-refractivity contribution in [3.63, 3.8) is 0 Å². The normalized spacial score (nSPS) is 10.5. The van der Waals surface area contributed by atoms with Crippen LogP contribution in [0.3, 0.4) is 0 Å². The first kappa shape index (κ1) is 12.8. The molecule has 0 aromatic carbocycles. The molecule has 0 aliphatic heterocycles. The van der Waals surface area contributed by atoms with Crippen molar-refractivity contribution in [2.24, 2.45) is 0 Å². The Labute approximate surface area is 117 Å². The number of carbonyl (C=O) groups is 1. The van der Waals surface area contributed by atoms with Crippen LogP contribution in [0.25, 0.3) is 0 Å². The predicted octanol–water partition coefficient (Wildman–Crippen LogP) is 4.06. The summed E-state index contributed by atoms with van der Waals surface area (Å²) in [5, 5.41) is 6.87. The van der Waals surface area contributed by atoms with Crippen LogP contribution in [0.15, 0.2) is 26.7 Å². The van der Waals surface area contributed by atoms with Gasteiger partial charge < -0.3 is 5.32 Å². The second kappa shape index (κ2) is 5.80. The van der Waals surface area contributed by atoms with Crippen LogP contribution in [-0.4, -0.2) is 5.91 Å². The van der Waals surface area contributed by atoms with E-state index < -0.39 is 0 Å². The standard InChI is InChI=1S/C12H12BrNOS2/c1-2-8-3-4-16-10(8)6-14-12(15)9-5-11(13)17-7-9/h3-5,7H,2,6H2,1H3,(H,14,15). The van der Waals surface area contributed by atoms with E-state index >= 15 is 0 Å². The van der Waals surface area contributed by atoms with Gasteiger partial charge in [0.25, 0.3) is 5.91 Å². The van der Waals surface area contributed by atoms with Gasteiger partial charge in [-0.15, -0.1) is 22.7 Å². The Morgan fingerprint density at radius 2 is 2.29 bits per heavy atom. The van der Waals surface area contributed by atoms with Gasteiger partial charge in [-0.05, 0) is 45.4 Å². The average molecular weight is 330 g/mol.